The fourth-order valence-corrected chi connectivity index (χ4v) is 1.21. The van der Waals surface area contributed by atoms with Crippen LogP contribution in [-0.2, 0) is 0 Å². The first kappa shape index (κ1) is 10.8. The molecular formula is C13H18O. The first-order chi connectivity index (χ1) is 6.93. The monoisotopic (exact) mass is 190 g/mol. The molecule has 0 heterocycles. The van der Waals surface area contributed by atoms with E-state index in [1.807, 2.05) is 30.3 Å². The van der Waals surface area contributed by atoms with Crippen LogP contribution in [0.3, 0.4) is 0 Å². The van der Waals surface area contributed by atoms with Crippen LogP contribution in [0.5, 0.6) is 5.75 Å². The van der Waals surface area contributed by atoms with Gasteiger partial charge in [0.15, 0.2) is 0 Å². The number of hydrogen-bond donors (Lipinski definition) is 0. The third-order valence-electron chi connectivity index (χ3n) is 2.02. The number of unbranched alkanes of at least 4 members (excludes halogenated alkanes) is 3. The molecule has 0 unspecified atom stereocenters. The van der Waals surface area contributed by atoms with Gasteiger partial charge in [-0.3, -0.25) is 0 Å². The lowest BCUT2D eigenvalue weighted by Gasteiger charge is -1.98. The quantitative estimate of drug-likeness (QED) is 0.483. The van der Waals surface area contributed by atoms with E-state index in [2.05, 4.69) is 13.0 Å². The molecule has 1 aromatic rings. The first-order valence-electron chi connectivity index (χ1n) is 5.30. The van der Waals surface area contributed by atoms with Crippen LogP contribution in [0.1, 0.15) is 32.6 Å². The summed E-state index contributed by atoms with van der Waals surface area (Å²) in [6.45, 7) is 2.21. The molecule has 0 spiro atoms. The van der Waals surface area contributed by atoms with Crippen molar-refractivity contribution in [1.82, 2.24) is 0 Å². The number of benzene rings is 1. The number of allylic oxidation sites excluding steroid dienone is 1. The van der Waals surface area contributed by atoms with E-state index in [0.29, 0.717) is 0 Å². The van der Waals surface area contributed by atoms with Crippen molar-refractivity contribution in [3.05, 3.63) is 42.7 Å². The molecule has 1 heteroatoms. The van der Waals surface area contributed by atoms with E-state index in [-0.39, 0.29) is 0 Å². The van der Waals surface area contributed by atoms with Gasteiger partial charge in [-0.05, 0) is 31.1 Å². The van der Waals surface area contributed by atoms with Crippen molar-refractivity contribution in [2.24, 2.45) is 0 Å². The Labute approximate surface area is 86.4 Å². The van der Waals surface area contributed by atoms with Gasteiger partial charge < -0.3 is 4.74 Å². The normalized spacial score (nSPS) is 10.6. The molecule has 0 saturated carbocycles. The fourth-order valence-electron chi connectivity index (χ4n) is 1.21. The van der Waals surface area contributed by atoms with Gasteiger partial charge in [-0.15, -0.1) is 0 Å². The van der Waals surface area contributed by atoms with Crippen LogP contribution in [0.2, 0.25) is 0 Å². The highest BCUT2D eigenvalue weighted by molar-refractivity contribution is 5.21. The Morgan fingerprint density at radius 3 is 2.64 bits per heavy atom. The second-order valence-electron chi connectivity index (χ2n) is 3.30. The summed E-state index contributed by atoms with van der Waals surface area (Å²) in [5.41, 5.74) is 0. The van der Waals surface area contributed by atoms with Gasteiger partial charge in [0.05, 0.1) is 6.26 Å². The standard InChI is InChI=1S/C13H18O/c1-2-3-4-5-9-12-14-13-10-7-6-8-11-13/h6-12H,2-5H2,1H3/b12-9+. The van der Waals surface area contributed by atoms with Gasteiger partial charge >= 0.3 is 0 Å². The first-order valence-corrected chi connectivity index (χ1v) is 5.30. The Morgan fingerprint density at radius 1 is 1.14 bits per heavy atom. The lowest BCUT2D eigenvalue weighted by Crippen LogP contribution is -1.80. The summed E-state index contributed by atoms with van der Waals surface area (Å²) in [6, 6.07) is 9.84. The molecule has 1 aromatic carbocycles. The van der Waals surface area contributed by atoms with E-state index in [4.69, 9.17) is 4.74 Å². The summed E-state index contributed by atoms with van der Waals surface area (Å²) in [7, 11) is 0. The van der Waals surface area contributed by atoms with Crippen molar-refractivity contribution in [3.63, 3.8) is 0 Å². The van der Waals surface area contributed by atoms with Gasteiger partial charge in [0.25, 0.3) is 0 Å². The molecule has 14 heavy (non-hydrogen) atoms. The minimum absolute atomic E-state index is 0.902. The largest absolute Gasteiger partial charge is 0.465 e. The van der Waals surface area contributed by atoms with Gasteiger partial charge in [-0.25, -0.2) is 0 Å². The van der Waals surface area contributed by atoms with Crippen molar-refractivity contribution < 1.29 is 4.74 Å². The summed E-state index contributed by atoms with van der Waals surface area (Å²) in [4.78, 5) is 0. The van der Waals surface area contributed by atoms with E-state index < -0.39 is 0 Å². The molecule has 0 aromatic heterocycles. The Kier molecular flexibility index (Phi) is 5.57. The predicted molar refractivity (Wildman–Crippen MR) is 60.4 cm³/mol. The summed E-state index contributed by atoms with van der Waals surface area (Å²) in [5, 5.41) is 0. The van der Waals surface area contributed by atoms with Crippen molar-refractivity contribution in [3.8, 4) is 5.75 Å². The molecule has 0 N–H and O–H groups in total. The lowest BCUT2D eigenvalue weighted by atomic mass is 10.2. The highest BCUT2D eigenvalue weighted by atomic mass is 16.5. The Hall–Kier alpha value is -1.24. The highest BCUT2D eigenvalue weighted by Crippen LogP contribution is 2.08. The molecule has 76 valence electrons. The maximum atomic E-state index is 5.41. The third kappa shape index (κ3) is 4.70. The molecule has 0 fully saturated rings. The SMILES string of the molecule is CCCCC/C=C/Oc1ccccc1. The molecule has 0 saturated heterocycles. The lowest BCUT2D eigenvalue weighted by molar-refractivity contribution is 0.478. The van der Waals surface area contributed by atoms with E-state index in [1.165, 1.54) is 19.3 Å². The molecule has 1 rings (SSSR count). The Balaban J connectivity index is 2.14. The minimum atomic E-state index is 0.902. The van der Waals surface area contributed by atoms with Gasteiger partial charge in [0.2, 0.25) is 0 Å². The van der Waals surface area contributed by atoms with Crippen LogP contribution in [0.25, 0.3) is 0 Å². The second kappa shape index (κ2) is 7.19. The number of ether oxygens (including phenoxy) is 1. The van der Waals surface area contributed by atoms with Crippen molar-refractivity contribution in [1.29, 1.82) is 0 Å². The van der Waals surface area contributed by atoms with Crippen LogP contribution in [0.15, 0.2) is 42.7 Å². The average molecular weight is 190 g/mol. The van der Waals surface area contributed by atoms with Crippen LogP contribution in [-0.4, -0.2) is 0 Å². The number of para-hydroxylation sites is 1. The smallest absolute Gasteiger partial charge is 0.126 e. The average Bonchev–Trinajstić information content (AvgIpc) is 2.25. The van der Waals surface area contributed by atoms with Crippen molar-refractivity contribution >= 4 is 0 Å². The second-order valence-corrected chi connectivity index (χ2v) is 3.30. The van der Waals surface area contributed by atoms with Crippen molar-refractivity contribution in [2.45, 2.75) is 32.6 Å². The van der Waals surface area contributed by atoms with Gasteiger partial charge in [0, 0.05) is 0 Å². The zero-order valence-corrected chi connectivity index (χ0v) is 8.78. The Bertz CT molecular complexity index is 251. The molecule has 0 aliphatic rings. The fraction of sp³-hybridized carbons (Fsp3) is 0.385. The maximum absolute atomic E-state index is 5.41. The zero-order valence-electron chi connectivity index (χ0n) is 8.78. The van der Waals surface area contributed by atoms with E-state index in [0.717, 1.165) is 12.2 Å². The molecule has 0 radical (unpaired) electrons. The maximum Gasteiger partial charge on any atom is 0.126 e. The van der Waals surface area contributed by atoms with E-state index >= 15 is 0 Å². The van der Waals surface area contributed by atoms with Crippen LogP contribution >= 0.6 is 0 Å². The summed E-state index contributed by atoms with van der Waals surface area (Å²) in [6.07, 6.45) is 8.81. The van der Waals surface area contributed by atoms with E-state index in [9.17, 15) is 0 Å². The third-order valence-corrected chi connectivity index (χ3v) is 2.02. The van der Waals surface area contributed by atoms with Crippen LogP contribution in [0.4, 0.5) is 0 Å². The number of hydrogen-bond acceptors (Lipinski definition) is 1. The van der Waals surface area contributed by atoms with Crippen LogP contribution in [0, 0.1) is 0 Å². The van der Waals surface area contributed by atoms with Crippen LogP contribution < -0.4 is 4.74 Å². The molecule has 0 aliphatic carbocycles. The van der Waals surface area contributed by atoms with Gasteiger partial charge in [0.1, 0.15) is 5.75 Å². The zero-order chi connectivity index (χ0) is 10.1. The molecule has 0 aliphatic heterocycles. The molecule has 0 atom stereocenters. The van der Waals surface area contributed by atoms with Crippen molar-refractivity contribution in [2.75, 3.05) is 0 Å². The molecule has 1 nitrogen and oxygen atoms in total. The highest BCUT2D eigenvalue weighted by Gasteiger charge is 1.85. The number of rotatable bonds is 6. The summed E-state index contributed by atoms with van der Waals surface area (Å²) < 4.78 is 5.41. The minimum Gasteiger partial charge on any atom is -0.465 e. The Morgan fingerprint density at radius 2 is 1.93 bits per heavy atom. The summed E-state index contributed by atoms with van der Waals surface area (Å²) in [5.74, 6) is 0.902. The predicted octanol–water partition coefficient (Wildman–Crippen LogP) is 4.16. The van der Waals surface area contributed by atoms with Gasteiger partial charge in [-0.1, -0.05) is 38.0 Å². The van der Waals surface area contributed by atoms with E-state index in [1.54, 1.807) is 6.26 Å². The topological polar surface area (TPSA) is 9.23 Å². The molecule has 0 amide bonds. The molecule has 0 bridgehead atoms. The summed E-state index contributed by atoms with van der Waals surface area (Å²) >= 11 is 0. The van der Waals surface area contributed by atoms with Gasteiger partial charge in [-0.2, -0.15) is 0 Å². The molecular weight excluding hydrogens is 172 g/mol.